The molecule has 0 aromatic carbocycles. The van der Waals surface area contributed by atoms with E-state index in [2.05, 4.69) is 29.1 Å². The first kappa shape index (κ1) is 7.35. The van der Waals surface area contributed by atoms with Crippen molar-refractivity contribution >= 4 is 28.1 Å². The molecule has 1 aromatic heterocycles. The topological polar surface area (TPSA) is 13.1 Å². The quantitative estimate of drug-likeness (QED) is 0.711. The third-order valence-corrected chi connectivity index (χ3v) is 1.82. The highest BCUT2D eigenvalue weighted by atomic mass is 79.9. The zero-order valence-electron chi connectivity index (χ0n) is 5.43. The molecule has 0 fully saturated rings. The Kier molecular flexibility index (Phi) is 2.12. The van der Waals surface area contributed by atoms with Gasteiger partial charge in [-0.15, -0.1) is 0 Å². The van der Waals surface area contributed by atoms with Crippen LogP contribution in [0.3, 0.4) is 0 Å². The van der Waals surface area contributed by atoms with Gasteiger partial charge in [-0.05, 0) is 22.0 Å². The summed E-state index contributed by atoms with van der Waals surface area (Å²) in [5, 5.41) is 0. The first-order chi connectivity index (χ1) is 4.79. The van der Waals surface area contributed by atoms with Crippen molar-refractivity contribution in [1.29, 1.82) is 0 Å². The van der Waals surface area contributed by atoms with Crippen LogP contribution in [0.4, 0.5) is 0 Å². The van der Waals surface area contributed by atoms with Crippen LogP contribution in [0.15, 0.2) is 28.3 Å². The van der Waals surface area contributed by atoms with Gasteiger partial charge in [0.05, 0.1) is 4.47 Å². The lowest BCUT2D eigenvalue weighted by molar-refractivity contribution is 0.555. The highest BCUT2D eigenvalue weighted by Crippen LogP contribution is 2.24. The van der Waals surface area contributed by atoms with E-state index in [4.69, 9.17) is 4.42 Å². The van der Waals surface area contributed by atoms with Crippen LogP contribution in [-0.2, 0) is 0 Å². The van der Waals surface area contributed by atoms with Crippen molar-refractivity contribution in [3.05, 3.63) is 35.2 Å². The maximum absolute atomic E-state index is 5.10. The Morgan fingerprint density at radius 1 is 1.40 bits per heavy atom. The molecule has 1 heterocycles. The number of hydrogen-bond donors (Lipinski definition) is 0. The zero-order chi connectivity index (χ0) is 7.56. The summed E-state index contributed by atoms with van der Waals surface area (Å²) in [6, 6.07) is 0. The Labute approximate surface area is 68.2 Å². The summed E-state index contributed by atoms with van der Waals surface area (Å²) < 4.78 is 6.01. The number of furan rings is 1. The van der Waals surface area contributed by atoms with Gasteiger partial charge in [0.25, 0.3) is 0 Å². The van der Waals surface area contributed by atoms with Gasteiger partial charge < -0.3 is 4.42 Å². The van der Waals surface area contributed by atoms with Gasteiger partial charge in [0.1, 0.15) is 12.0 Å². The minimum Gasteiger partial charge on any atom is -0.463 e. The van der Waals surface area contributed by atoms with Gasteiger partial charge in [-0.1, -0.05) is 19.2 Å². The smallest absolute Gasteiger partial charge is 0.134 e. The van der Waals surface area contributed by atoms with Gasteiger partial charge in [0.2, 0.25) is 0 Å². The molecule has 1 nitrogen and oxygen atoms in total. The molecule has 0 aliphatic carbocycles. The summed E-state index contributed by atoms with van der Waals surface area (Å²) in [6.07, 6.45) is 5.00. The van der Waals surface area contributed by atoms with Crippen LogP contribution in [0.5, 0.6) is 0 Å². The fourth-order valence-corrected chi connectivity index (χ4v) is 1.17. The van der Waals surface area contributed by atoms with Crippen LogP contribution in [0.25, 0.3) is 12.2 Å². The first-order valence-corrected chi connectivity index (χ1v) is 3.60. The Balaban J connectivity index is 3.25. The molecule has 2 heteroatoms. The van der Waals surface area contributed by atoms with E-state index >= 15 is 0 Å². The number of halogens is 1. The van der Waals surface area contributed by atoms with Crippen molar-refractivity contribution < 1.29 is 4.42 Å². The Hall–Kier alpha value is -0.760. The normalized spacial score (nSPS) is 9.30. The molecule has 0 unspecified atom stereocenters. The lowest BCUT2D eigenvalue weighted by Gasteiger charge is -1.86. The average molecular weight is 199 g/mol. The third-order valence-electron chi connectivity index (χ3n) is 1.20. The molecule has 0 saturated heterocycles. The standard InChI is InChI=1S/C8H7BrO/c1-3-6-7(9)5-10-8(6)4-2/h3-5H,1-2H2. The van der Waals surface area contributed by atoms with Crippen molar-refractivity contribution in [3.63, 3.8) is 0 Å². The minimum atomic E-state index is 0.752. The van der Waals surface area contributed by atoms with Crippen molar-refractivity contribution in [3.8, 4) is 0 Å². The summed E-state index contributed by atoms with van der Waals surface area (Å²) >= 11 is 3.31. The summed E-state index contributed by atoms with van der Waals surface area (Å²) in [6.45, 7) is 7.23. The second-order valence-corrected chi connectivity index (χ2v) is 2.62. The molecular weight excluding hydrogens is 192 g/mol. The molecule has 1 rings (SSSR count). The molecule has 0 radical (unpaired) electrons. The molecule has 0 amide bonds. The second kappa shape index (κ2) is 2.88. The van der Waals surface area contributed by atoms with Gasteiger partial charge >= 0.3 is 0 Å². The van der Waals surface area contributed by atoms with E-state index < -0.39 is 0 Å². The van der Waals surface area contributed by atoms with Crippen molar-refractivity contribution in [2.75, 3.05) is 0 Å². The summed E-state index contributed by atoms with van der Waals surface area (Å²) in [7, 11) is 0. The van der Waals surface area contributed by atoms with Crippen molar-refractivity contribution in [1.82, 2.24) is 0 Å². The van der Waals surface area contributed by atoms with E-state index in [0.29, 0.717) is 0 Å². The van der Waals surface area contributed by atoms with Crippen molar-refractivity contribution in [2.45, 2.75) is 0 Å². The summed E-state index contributed by atoms with van der Waals surface area (Å²) in [4.78, 5) is 0. The van der Waals surface area contributed by atoms with Crippen LogP contribution >= 0.6 is 15.9 Å². The van der Waals surface area contributed by atoms with Gasteiger partial charge in [-0.25, -0.2) is 0 Å². The molecule has 0 spiro atoms. The lowest BCUT2D eigenvalue weighted by Crippen LogP contribution is -1.69. The summed E-state index contributed by atoms with van der Waals surface area (Å²) in [5.41, 5.74) is 0.954. The van der Waals surface area contributed by atoms with Crippen LogP contribution in [0.2, 0.25) is 0 Å². The zero-order valence-corrected chi connectivity index (χ0v) is 7.02. The largest absolute Gasteiger partial charge is 0.463 e. The van der Waals surface area contributed by atoms with Gasteiger partial charge in [0.15, 0.2) is 0 Å². The van der Waals surface area contributed by atoms with Crippen molar-refractivity contribution in [2.24, 2.45) is 0 Å². The average Bonchev–Trinajstić information content (AvgIpc) is 2.30. The van der Waals surface area contributed by atoms with Gasteiger partial charge in [-0.3, -0.25) is 0 Å². The fourth-order valence-electron chi connectivity index (χ4n) is 0.716. The van der Waals surface area contributed by atoms with E-state index in [9.17, 15) is 0 Å². The lowest BCUT2D eigenvalue weighted by atomic mass is 10.2. The molecule has 0 aliphatic rings. The van der Waals surface area contributed by atoms with Gasteiger partial charge in [-0.2, -0.15) is 0 Å². The molecule has 10 heavy (non-hydrogen) atoms. The highest BCUT2D eigenvalue weighted by Gasteiger charge is 2.03. The SMILES string of the molecule is C=Cc1occ(Br)c1C=C. The van der Waals surface area contributed by atoms with Crippen LogP contribution < -0.4 is 0 Å². The van der Waals surface area contributed by atoms with E-state index in [1.807, 2.05) is 0 Å². The Morgan fingerprint density at radius 3 is 2.50 bits per heavy atom. The van der Waals surface area contributed by atoms with E-state index in [-0.39, 0.29) is 0 Å². The second-order valence-electron chi connectivity index (χ2n) is 1.77. The maximum Gasteiger partial charge on any atom is 0.134 e. The van der Waals surface area contributed by atoms with E-state index in [0.717, 1.165) is 15.8 Å². The molecule has 52 valence electrons. The Bertz CT molecular complexity index is 260. The molecular formula is C8H7BrO. The fraction of sp³-hybridized carbons (Fsp3) is 0. The monoisotopic (exact) mass is 198 g/mol. The molecule has 0 bridgehead atoms. The van der Waals surface area contributed by atoms with Crippen LogP contribution in [-0.4, -0.2) is 0 Å². The van der Waals surface area contributed by atoms with Gasteiger partial charge in [0, 0.05) is 5.56 Å². The summed E-state index contributed by atoms with van der Waals surface area (Å²) in [5.74, 6) is 0.752. The first-order valence-electron chi connectivity index (χ1n) is 2.81. The molecule has 1 aromatic rings. The maximum atomic E-state index is 5.10. The number of hydrogen-bond acceptors (Lipinski definition) is 1. The highest BCUT2D eigenvalue weighted by molar-refractivity contribution is 9.10. The molecule has 0 aliphatic heterocycles. The molecule has 0 atom stereocenters. The molecule has 0 N–H and O–H groups in total. The van der Waals surface area contributed by atoms with Crippen LogP contribution in [0, 0.1) is 0 Å². The molecule has 0 saturated carbocycles. The van der Waals surface area contributed by atoms with E-state index in [1.165, 1.54) is 0 Å². The predicted molar refractivity (Wildman–Crippen MR) is 46.6 cm³/mol. The third kappa shape index (κ3) is 1.07. The number of rotatable bonds is 2. The minimum absolute atomic E-state index is 0.752. The van der Waals surface area contributed by atoms with Crippen LogP contribution in [0.1, 0.15) is 11.3 Å². The van der Waals surface area contributed by atoms with E-state index in [1.54, 1.807) is 18.4 Å². The Morgan fingerprint density at radius 2 is 2.10 bits per heavy atom. The predicted octanol–water partition coefficient (Wildman–Crippen LogP) is 3.33.